The van der Waals surface area contributed by atoms with E-state index in [-0.39, 0.29) is 12.5 Å². The van der Waals surface area contributed by atoms with Gasteiger partial charge in [0.1, 0.15) is 24.4 Å². The molecular weight excluding hydrogens is 827 g/mol. The van der Waals surface area contributed by atoms with Gasteiger partial charge in [-0.15, -0.1) is 0 Å². The molecule has 0 aromatic heterocycles. The van der Waals surface area contributed by atoms with Crippen molar-refractivity contribution < 1.29 is 39.8 Å². The lowest BCUT2D eigenvalue weighted by Gasteiger charge is -2.40. The Labute approximate surface area is 405 Å². The average Bonchev–Trinajstić information content (AvgIpc) is 3.32. The molecule has 1 amide bonds. The number of carbonyl (C=O) groups is 1. The van der Waals surface area contributed by atoms with Crippen LogP contribution in [0.4, 0.5) is 0 Å². The van der Waals surface area contributed by atoms with Crippen molar-refractivity contribution in [3.8, 4) is 0 Å². The minimum absolute atomic E-state index is 0.192. The van der Waals surface area contributed by atoms with Crippen molar-refractivity contribution in [2.75, 3.05) is 13.2 Å². The minimum atomic E-state index is -1.57. The van der Waals surface area contributed by atoms with Gasteiger partial charge in [0.05, 0.1) is 25.4 Å². The molecule has 66 heavy (non-hydrogen) atoms. The number of allylic oxidation sites excluding steroid dienone is 9. The van der Waals surface area contributed by atoms with E-state index in [1.807, 2.05) is 6.08 Å². The van der Waals surface area contributed by atoms with Gasteiger partial charge in [-0.25, -0.2) is 0 Å². The number of hydrogen-bond acceptors (Lipinski definition) is 8. The molecule has 0 bridgehead atoms. The molecule has 1 rings (SSSR count). The second kappa shape index (κ2) is 46.6. The number of carbonyl (C=O) groups excluding carboxylic acids is 1. The highest BCUT2D eigenvalue weighted by atomic mass is 16.7. The van der Waals surface area contributed by atoms with Gasteiger partial charge in [-0.1, -0.05) is 222 Å². The van der Waals surface area contributed by atoms with Crippen LogP contribution in [0, 0.1) is 0 Å². The molecule has 7 atom stereocenters. The second-order valence-corrected chi connectivity index (χ2v) is 19.0. The van der Waals surface area contributed by atoms with Crippen molar-refractivity contribution in [2.24, 2.45) is 0 Å². The Morgan fingerprint density at radius 3 is 1.42 bits per heavy atom. The maximum atomic E-state index is 13.0. The van der Waals surface area contributed by atoms with Crippen LogP contribution in [0.5, 0.6) is 0 Å². The van der Waals surface area contributed by atoms with Gasteiger partial charge < -0.3 is 40.3 Å². The first-order chi connectivity index (χ1) is 32.3. The van der Waals surface area contributed by atoms with Crippen molar-refractivity contribution in [3.63, 3.8) is 0 Å². The summed E-state index contributed by atoms with van der Waals surface area (Å²) in [5.41, 5.74) is 0. The zero-order valence-corrected chi connectivity index (χ0v) is 42.4. The molecule has 0 saturated carbocycles. The molecule has 0 aromatic carbocycles. The van der Waals surface area contributed by atoms with Gasteiger partial charge in [-0.2, -0.15) is 0 Å². The summed E-state index contributed by atoms with van der Waals surface area (Å²) in [5, 5.41) is 54.1. The Morgan fingerprint density at radius 2 is 0.955 bits per heavy atom. The van der Waals surface area contributed by atoms with Gasteiger partial charge in [0.25, 0.3) is 0 Å². The van der Waals surface area contributed by atoms with E-state index >= 15 is 0 Å². The summed E-state index contributed by atoms with van der Waals surface area (Å²) in [6, 6.07) is -0.826. The molecule has 1 fully saturated rings. The average molecular weight is 930 g/mol. The first-order valence-electron chi connectivity index (χ1n) is 27.5. The van der Waals surface area contributed by atoms with Crippen molar-refractivity contribution in [2.45, 2.75) is 281 Å². The Bertz CT molecular complexity index is 1220. The molecule has 1 heterocycles. The van der Waals surface area contributed by atoms with Crippen LogP contribution in [0.3, 0.4) is 0 Å². The second-order valence-electron chi connectivity index (χ2n) is 19.0. The molecule has 0 radical (unpaired) electrons. The third-order valence-corrected chi connectivity index (χ3v) is 12.8. The SMILES string of the molecule is CC/C=C/CC/C=C/CC/C=C/C(O)C(COC1OC(CO)C(O)C(O)C1O)NC(=O)CCCCCCCCCCCCCCCCCCCCCCC/C=C\C/C=C\CCCCCCC. The van der Waals surface area contributed by atoms with Gasteiger partial charge >= 0.3 is 0 Å². The number of aliphatic hydroxyl groups is 5. The van der Waals surface area contributed by atoms with Crippen LogP contribution in [-0.2, 0) is 14.3 Å². The molecule has 1 aliphatic heterocycles. The van der Waals surface area contributed by atoms with E-state index in [0.29, 0.717) is 6.42 Å². The van der Waals surface area contributed by atoms with E-state index < -0.39 is 49.5 Å². The molecule has 1 saturated heterocycles. The normalized spacial score (nSPS) is 20.3. The molecule has 7 unspecified atom stereocenters. The molecular formula is C57H103NO8. The van der Waals surface area contributed by atoms with Crippen LogP contribution in [-0.4, -0.2) is 87.5 Å². The van der Waals surface area contributed by atoms with E-state index in [9.17, 15) is 30.3 Å². The molecule has 0 aliphatic carbocycles. The Kier molecular flexibility index (Phi) is 43.7. The smallest absolute Gasteiger partial charge is 0.220 e. The lowest BCUT2D eigenvalue weighted by molar-refractivity contribution is -0.302. The number of unbranched alkanes of at least 4 members (excludes halogenated alkanes) is 28. The molecule has 9 heteroatoms. The predicted octanol–water partition coefficient (Wildman–Crippen LogP) is 13.1. The maximum Gasteiger partial charge on any atom is 0.220 e. The summed E-state index contributed by atoms with van der Waals surface area (Å²) in [5.74, 6) is -0.192. The number of nitrogens with one attached hydrogen (secondary N) is 1. The van der Waals surface area contributed by atoms with Crippen LogP contribution >= 0.6 is 0 Å². The largest absolute Gasteiger partial charge is 0.394 e. The summed E-state index contributed by atoms with van der Waals surface area (Å²) in [6.45, 7) is 3.62. The fourth-order valence-corrected chi connectivity index (χ4v) is 8.46. The lowest BCUT2D eigenvalue weighted by Crippen LogP contribution is -2.60. The number of ether oxygens (including phenoxy) is 2. The molecule has 1 aliphatic rings. The van der Waals surface area contributed by atoms with Gasteiger partial charge in [-0.05, 0) is 70.6 Å². The third-order valence-electron chi connectivity index (χ3n) is 12.8. The third kappa shape index (κ3) is 36.0. The van der Waals surface area contributed by atoms with Crippen LogP contribution < -0.4 is 5.32 Å². The van der Waals surface area contributed by atoms with E-state index in [0.717, 1.165) is 57.8 Å². The van der Waals surface area contributed by atoms with E-state index in [1.54, 1.807) is 6.08 Å². The van der Waals surface area contributed by atoms with Gasteiger partial charge in [0, 0.05) is 6.42 Å². The highest BCUT2D eigenvalue weighted by Gasteiger charge is 2.44. The molecule has 0 spiro atoms. The predicted molar refractivity (Wildman–Crippen MR) is 276 cm³/mol. The van der Waals surface area contributed by atoms with Gasteiger partial charge in [0.2, 0.25) is 5.91 Å². The van der Waals surface area contributed by atoms with Crippen LogP contribution in [0.25, 0.3) is 0 Å². The van der Waals surface area contributed by atoms with Gasteiger partial charge in [0.15, 0.2) is 6.29 Å². The molecule has 6 N–H and O–H groups in total. The Balaban J connectivity index is 2.09. The highest BCUT2D eigenvalue weighted by molar-refractivity contribution is 5.76. The monoisotopic (exact) mass is 930 g/mol. The fourth-order valence-electron chi connectivity index (χ4n) is 8.46. The zero-order valence-electron chi connectivity index (χ0n) is 42.4. The fraction of sp³-hybridized carbons (Fsp3) is 0.807. The van der Waals surface area contributed by atoms with E-state index in [4.69, 9.17) is 9.47 Å². The Morgan fingerprint density at radius 1 is 0.530 bits per heavy atom. The van der Waals surface area contributed by atoms with Crippen molar-refractivity contribution in [1.82, 2.24) is 5.32 Å². The summed E-state index contributed by atoms with van der Waals surface area (Å²) < 4.78 is 11.2. The molecule has 9 nitrogen and oxygen atoms in total. The quantitative estimate of drug-likeness (QED) is 0.0261. The van der Waals surface area contributed by atoms with Crippen molar-refractivity contribution >= 4 is 5.91 Å². The number of rotatable bonds is 46. The summed E-state index contributed by atoms with van der Waals surface area (Å²) in [6.07, 6.45) is 56.1. The molecule has 0 aromatic rings. The molecule has 384 valence electrons. The van der Waals surface area contributed by atoms with E-state index in [1.165, 1.54) is 161 Å². The summed E-state index contributed by atoms with van der Waals surface area (Å²) in [4.78, 5) is 13.0. The number of hydrogen-bond donors (Lipinski definition) is 6. The summed E-state index contributed by atoms with van der Waals surface area (Å²) >= 11 is 0. The van der Waals surface area contributed by atoms with Crippen LogP contribution in [0.1, 0.15) is 239 Å². The maximum absolute atomic E-state index is 13.0. The van der Waals surface area contributed by atoms with Crippen molar-refractivity contribution in [1.29, 1.82) is 0 Å². The zero-order chi connectivity index (χ0) is 48.0. The van der Waals surface area contributed by atoms with Crippen LogP contribution in [0.15, 0.2) is 60.8 Å². The topological polar surface area (TPSA) is 149 Å². The lowest BCUT2D eigenvalue weighted by atomic mass is 9.99. The van der Waals surface area contributed by atoms with E-state index in [2.05, 4.69) is 67.8 Å². The number of amides is 1. The van der Waals surface area contributed by atoms with Crippen molar-refractivity contribution in [3.05, 3.63) is 60.8 Å². The first kappa shape index (κ1) is 61.9. The number of aliphatic hydroxyl groups excluding tert-OH is 5. The first-order valence-corrected chi connectivity index (χ1v) is 27.5. The highest BCUT2D eigenvalue weighted by Crippen LogP contribution is 2.23. The van der Waals surface area contributed by atoms with Gasteiger partial charge in [-0.3, -0.25) is 4.79 Å². The Hall–Kier alpha value is -2.11. The summed E-state index contributed by atoms with van der Waals surface area (Å²) in [7, 11) is 0. The standard InChI is InChI=1S/C57H103NO8/c1-3-5-7-9-11-13-15-16-17-18-19-20-21-22-23-24-25-26-27-28-29-30-31-32-33-34-35-36-37-39-41-43-45-47-53(61)58-50(49-65-57-56(64)55(63)54(62)52(48-59)66-57)51(60)46-44-42-40-38-14-12-10-8-6-4-2/h6,8,14-16,18-19,38,44,46,50-52,54-57,59-60,62-64H,3-5,7,9-13,17,20-37,39-43,45,47-49H2,1-2H3,(H,58,61)/b8-6+,16-15-,19-18-,38-14+,46-44+. The van der Waals surface area contributed by atoms with Crippen LogP contribution in [0.2, 0.25) is 0 Å². The minimum Gasteiger partial charge on any atom is -0.394 e.